The first kappa shape index (κ1) is 24.5. The number of benzene rings is 1. The van der Waals surface area contributed by atoms with Crippen molar-refractivity contribution in [3.63, 3.8) is 0 Å². The molecule has 1 amide bonds. The summed E-state index contributed by atoms with van der Waals surface area (Å²) in [7, 11) is -3.19. The van der Waals surface area contributed by atoms with Gasteiger partial charge in [-0.1, -0.05) is 19.9 Å². The Labute approximate surface area is 181 Å². The van der Waals surface area contributed by atoms with Crippen LogP contribution in [0.5, 0.6) is 11.5 Å². The van der Waals surface area contributed by atoms with E-state index in [0.717, 1.165) is 5.56 Å². The van der Waals surface area contributed by atoms with Crippen molar-refractivity contribution in [2.24, 2.45) is 11.8 Å². The zero-order valence-electron chi connectivity index (χ0n) is 18.8. The van der Waals surface area contributed by atoms with Crippen LogP contribution in [-0.4, -0.2) is 50.7 Å². The number of hydrogen-bond donors (Lipinski definition) is 1. The molecule has 1 aliphatic heterocycles. The van der Waals surface area contributed by atoms with Gasteiger partial charge in [0.25, 0.3) is 0 Å². The first-order valence-electron chi connectivity index (χ1n) is 10.9. The van der Waals surface area contributed by atoms with Crippen LogP contribution < -0.4 is 14.8 Å². The molecule has 0 aromatic heterocycles. The molecule has 2 rings (SSSR count). The molecule has 1 N–H and O–H groups in total. The quantitative estimate of drug-likeness (QED) is 0.603. The molecule has 1 heterocycles. The lowest BCUT2D eigenvalue weighted by Crippen LogP contribution is -2.44. The van der Waals surface area contributed by atoms with Crippen LogP contribution in [0.25, 0.3) is 0 Å². The van der Waals surface area contributed by atoms with Crippen LogP contribution in [-0.2, 0) is 14.8 Å². The molecule has 7 nitrogen and oxygen atoms in total. The SMILES string of the molecule is CCOc1ccc(C(NC(=O)C2CCN(S(=O)(=O)CC)CC2)C(C)C)cc1OCC. The molecule has 1 fully saturated rings. The molecular weight excluding hydrogens is 404 g/mol. The van der Waals surface area contributed by atoms with E-state index in [1.807, 2.05) is 32.0 Å². The number of piperidine rings is 1. The molecule has 30 heavy (non-hydrogen) atoms. The van der Waals surface area contributed by atoms with Crippen molar-refractivity contribution in [1.82, 2.24) is 9.62 Å². The third-order valence-electron chi connectivity index (χ3n) is 5.47. The summed E-state index contributed by atoms with van der Waals surface area (Å²) in [6, 6.07) is 5.63. The fourth-order valence-electron chi connectivity index (χ4n) is 3.75. The lowest BCUT2D eigenvalue weighted by Gasteiger charge is -2.32. The van der Waals surface area contributed by atoms with Crippen molar-refractivity contribution in [3.05, 3.63) is 23.8 Å². The highest BCUT2D eigenvalue weighted by molar-refractivity contribution is 7.89. The summed E-state index contributed by atoms with van der Waals surface area (Å²) < 4.78 is 37.0. The smallest absolute Gasteiger partial charge is 0.223 e. The summed E-state index contributed by atoms with van der Waals surface area (Å²) in [6.45, 7) is 11.5. The molecular formula is C22H36N2O5S. The van der Waals surface area contributed by atoms with Gasteiger partial charge in [0, 0.05) is 19.0 Å². The Hall–Kier alpha value is -1.80. The van der Waals surface area contributed by atoms with E-state index >= 15 is 0 Å². The van der Waals surface area contributed by atoms with Gasteiger partial charge in [-0.2, -0.15) is 0 Å². The second-order valence-electron chi connectivity index (χ2n) is 7.88. The van der Waals surface area contributed by atoms with E-state index in [4.69, 9.17) is 9.47 Å². The highest BCUT2D eigenvalue weighted by Gasteiger charge is 2.31. The second kappa shape index (κ2) is 11.0. The Morgan fingerprint density at radius 2 is 1.70 bits per heavy atom. The van der Waals surface area contributed by atoms with Gasteiger partial charge in [0.1, 0.15) is 0 Å². The van der Waals surface area contributed by atoms with Crippen molar-refractivity contribution < 1.29 is 22.7 Å². The van der Waals surface area contributed by atoms with Gasteiger partial charge in [0.05, 0.1) is 25.0 Å². The molecule has 170 valence electrons. The minimum Gasteiger partial charge on any atom is -0.490 e. The molecule has 1 aromatic rings. The van der Waals surface area contributed by atoms with Gasteiger partial charge < -0.3 is 14.8 Å². The molecule has 0 aliphatic carbocycles. The molecule has 0 saturated carbocycles. The van der Waals surface area contributed by atoms with Crippen molar-refractivity contribution in [2.75, 3.05) is 32.1 Å². The summed E-state index contributed by atoms with van der Waals surface area (Å²) in [6.07, 6.45) is 1.09. The van der Waals surface area contributed by atoms with Crippen LogP contribution in [0.3, 0.4) is 0 Å². The number of nitrogens with zero attached hydrogens (tertiary/aromatic N) is 1. The van der Waals surface area contributed by atoms with Gasteiger partial charge in [-0.3, -0.25) is 4.79 Å². The zero-order chi connectivity index (χ0) is 22.3. The van der Waals surface area contributed by atoms with Gasteiger partial charge >= 0.3 is 0 Å². The fraction of sp³-hybridized carbons (Fsp3) is 0.682. The molecule has 0 bridgehead atoms. The maximum Gasteiger partial charge on any atom is 0.223 e. The molecule has 1 unspecified atom stereocenters. The van der Waals surface area contributed by atoms with Crippen LogP contribution in [0, 0.1) is 11.8 Å². The topological polar surface area (TPSA) is 84.9 Å². The summed E-state index contributed by atoms with van der Waals surface area (Å²) >= 11 is 0. The lowest BCUT2D eigenvalue weighted by atomic mass is 9.92. The Morgan fingerprint density at radius 3 is 2.23 bits per heavy atom. The average Bonchev–Trinajstić information content (AvgIpc) is 2.73. The van der Waals surface area contributed by atoms with Gasteiger partial charge in [-0.25, -0.2) is 12.7 Å². The molecule has 8 heteroatoms. The third-order valence-corrected chi connectivity index (χ3v) is 7.36. The molecule has 0 radical (unpaired) electrons. The van der Waals surface area contributed by atoms with Gasteiger partial charge in [-0.15, -0.1) is 0 Å². The van der Waals surface area contributed by atoms with E-state index in [9.17, 15) is 13.2 Å². The predicted molar refractivity (Wildman–Crippen MR) is 118 cm³/mol. The number of ether oxygens (including phenoxy) is 2. The van der Waals surface area contributed by atoms with E-state index in [1.165, 1.54) is 4.31 Å². The highest BCUT2D eigenvalue weighted by Crippen LogP contribution is 2.33. The Morgan fingerprint density at radius 1 is 1.10 bits per heavy atom. The van der Waals surface area contributed by atoms with Crippen molar-refractivity contribution in [1.29, 1.82) is 0 Å². The van der Waals surface area contributed by atoms with Crippen LogP contribution in [0.15, 0.2) is 18.2 Å². The second-order valence-corrected chi connectivity index (χ2v) is 10.1. The maximum absolute atomic E-state index is 13.0. The number of carbonyl (C=O) groups excluding carboxylic acids is 1. The zero-order valence-corrected chi connectivity index (χ0v) is 19.6. The lowest BCUT2D eigenvalue weighted by molar-refractivity contribution is -0.127. The number of carbonyl (C=O) groups is 1. The summed E-state index contributed by atoms with van der Waals surface area (Å²) in [5, 5.41) is 3.19. The molecule has 1 aliphatic rings. The minimum atomic E-state index is -3.19. The molecule has 0 spiro atoms. The van der Waals surface area contributed by atoms with E-state index in [-0.39, 0.29) is 29.5 Å². The Balaban J connectivity index is 2.11. The average molecular weight is 441 g/mol. The Bertz CT molecular complexity index is 802. The van der Waals surface area contributed by atoms with E-state index in [0.29, 0.717) is 50.6 Å². The first-order valence-corrected chi connectivity index (χ1v) is 12.5. The molecule has 1 atom stereocenters. The van der Waals surface area contributed by atoms with E-state index in [2.05, 4.69) is 19.2 Å². The van der Waals surface area contributed by atoms with Crippen molar-refractivity contribution in [3.8, 4) is 11.5 Å². The van der Waals surface area contributed by atoms with Gasteiger partial charge in [0.2, 0.25) is 15.9 Å². The number of amides is 1. The summed E-state index contributed by atoms with van der Waals surface area (Å²) in [5.41, 5.74) is 0.969. The first-order chi connectivity index (χ1) is 14.2. The standard InChI is InChI=1S/C22H36N2O5S/c1-6-28-19-10-9-18(15-20(19)29-7-2)21(16(4)5)23-22(25)17-11-13-24(14-12-17)30(26,27)8-3/h9-10,15-17,21H,6-8,11-14H2,1-5H3,(H,23,25). The van der Waals surface area contributed by atoms with E-state index < -0.39 is 10.0 Å². The van der Waals surface area contributed by atoms with Crippen LogP contribution >= 0.6 is 0 Å². The molecule has 1 aromatic carbocycles. The predicted octanol–water partition coefficient (Wildman–Crippen LogP) is 3.36. The monoisotopic (exact) mass is 440 g/mol. The number of rotatable bonds is 10. The fourth-order valence-corrected chi connectivity index (χ4v) is 4.88. The summed E-state index contributed by atoms with van der Waals surface area (Å²) in [5.74, 6) is 1.45. The van der Waals surface area contributed by atoms with E-state index in [1.54, 1.807) is 6.92 Å². The number of nitrogens with one attached hydrogen (secondary N) is 1. The van der Waals surface area contributed by atoms with Gasteiger partial charge in [0.15, 0.2) is 11.5 Å². The molecule has 1 saturated heterocycles. The van der Waals surface area contributed by atoms with Crippen LogP contribution in [0.1, 0.15) is 59.1 Å². The highest BCUT2D eigenvalue weighted by atomic mass is 32.2. The third kappa shape index (κ3) is 6.11. The number of hydrogen-bond acceptors (Lipinski definition) is 5. The number of sulfonamides is 1. The summed E-state index contributed by atoms with van der Waals surface area (Å²) in [4.78, 5) is 13.0. The van der Waals surface area contributed by atoms with Crippen molar-refractivity contribution in [2.45, 2.75) is 53.5 Å². The minimum absolute atomic E-state index is 0.0194. The normalized spacial score (nSPS) is 17.0. The Kier molecular flexibility index (Phi) is 8.97. The van der Waals surface area contributed by atoms with Gasteiger partial charge in [-0.05, 0) is 57.2 Å². The largest absolute Gasteiger partial charge is 0.490 e. The van der Waals surface area contributed by atoms with Crippen LogP contribution in [0.2, 0.25) is 0 Å². The maximum atomic E-state index is 13.0. The van der Waals surface area contributed by atoms with Crippen LogP contribution in [0.4, 0.5) is 0 Å². The van der Waals surface area contributed by atoms with Crippen molar-refractivity contribution >= 4 is 15.9 Å².